The summed E-state index contributed by atoms with van der Waals surface area (Å²) in [4.78, 5) is 12.1. The van der Waals surface area contributed by atoms with E-state index in [1.165, 1.54) is 12.3 Å². The first kappa shape index (κ1) is 14.4. The quantitative estimate of drug-likeness (QED) is 0.793. The van der Waals surface area contributed by atoms with Crippen molar-refractivity contribution in [1.29, 1.82) is 0 Å². The Hall–Kier alpha value is -1.59. The Labute approximate surface area is 132 Å². The third-order valence-corrected chi connectivity index (χ3v) is 3.93. The fourth-order valence-corrected chi connectivity index (χ4v) is 2.91. The number of halogens is 3. The van der Waals surface area contributed by atoms with Crippen LogP contribution in [0.5, 0.6) is 0 Å². The van der Waals surface area contributed by atoms with Gasteiger partial charge in [-0.05, 0) is 12.1 Å². The van der Waals surface area contributed by atoms with Gasteiger partial charge in [0.05, 0.1) is 10.0 Å². The minimum atomic E-state index is -0.461. The topological polar surface area (TPSA) is 32.3 Å². The maximum Gasteiger partial charge on any atom is 0.214 e. The van der Waals surface area contributed by atoms with Gasteiger partial charge in [0, 0.05) is 50.3 Å². The van der Waals surface area contributed by atoms with Gasteiger partial charge in [-0.2, -0.15) is 4.39 Å². The second-order valence-corrected chi connectivity index (χ2v) is 5.61. The van der Waals surface area contributed by atoms with Crippen molar-refractivity contribution in [2.75, 3.05) is 36.0 Å². The molecule has 2 aromatic heterocycles. The van der Waals surface area contributed by atoms with E-state index in [1.807, 2.05) is 6.07 Å². The lowest BCUT2D eigenvalue weighted by Crippen LogP contribution is -2.47. The second kappa shape index (κ2) is 6.03. The van der Waals surface area contributed by atoms with Gasteiger partial charge in [-0.3, -0.25) is 0 Å². The average Bonchev–Trinajstić information content (AvgIpc) is 2.47. The number of anilines is 2. The molecule has 7 heteroatoms. The molecule has 3 heterocycles. The summed E-state index contributed by atoms with van der Waals surface area (Å²) in [6, 6.07) is 4.95. The highest BCUT2D eigenvalue weighted by atomic mass is 35.5. The summed E-state index contributed by atoms with van der Waals surface area (Å²) in [5, 5.41) is 1.07. The van der Waals surface area contributed by atoms with Crippen molar-refractivity contribution in [3.63, 3.8) is 0 Å². The summed E-state index contributed by atoms with van der Waals surface area (Å²) in [5.74, 6) is 0.277. The Morgan fingerprint density at radius 3 is 2.38 bits per heavy atom. The molecule has 0 bridgehead atoms. The SMILES string of the molecule is Fc1cc(N2CCN(c3ncc(Cl)cc3Cl)CC2)ccn1. The van der Waals surface area contributed by atoms with Crippen LogP contribution in [-0.4, -0.2) is 36.1 Å². The van der Waals surface area contributed by atoms with E-state index in [2.05, 4.69) is 19.8 Å². The number of nitrogens with zero attached hydrogens (tertiary/aromatic N) is 4. The Morgan fingerprint density at radius 2 is 1.71 bits per heavy atom. The predicted molar refractivity (Wildman–Crippen MR) is 82.9 cm³/mol. The zero-order valence-electron chi connectivity index (χ0n) is 11.1. The first-order valence-corrected chi connectivity index (χ1v) is 7.31. The lowest BCUT2D eigenvalue weighted by Gasteiger charge is -2.36. The summed E-state index contributed by atoms with van der Waals surface area (Å²) in [5.41, 5.74) is 0.845. The summed E-state index contributed by atoms with van der Waals surface area (Å²) < 4.78 is 13.2. The molecule has 21 heavy (non-hydrogen) atoms. The van der Waals surface area contributed by atoms with Gasteiger partial charge in [0.2, 0.25) is 5.95 Å². The molecule has 0 aromatic carbocycles. The zero-order valence-corrected chi connectivity index (χ0v) is 12.6. The second-order valence-electron chi connectivity index (χ2n) is 4.77. The van der Waals surface area contributed by atoms with E-state index >= 15 is 0 Å². The van der Waals surface area contributed by atoms with Crippen molar-refractivity contribution in [3.8, 4) is 0 Å². The number of hydrogen-bond donors (Lipinski definition) is 0. The van der Waals surface area contributed by atoms with Crippen molar-refractivity contribution in [2.45, 2.75) is 0 Å². The van der Waals surface area contributed by atoms with Gasteiger partial charge in [-0.15, -0.1) is 0 Å². The third kappa shape index (κ3) is 3.19. The highest BCUT2D eigenvalue weighted by Crippen LogP contribution is 2.27. The molecule has 0 amide bonds. The van der Waals surface area contributed by atoms with Crippen molar-refractivity contribution in [2.24, 2.45) is 0 Å². The van der Waals surface area contributed by atoms with E-state index in [4.69, 9.17) is 23.2 Å². The average molecular weight is 327 g/mol. The largest absolute Gasteiger partial charge is 0.368 e. The van der Waals surface area contributed by atoms with Gasteiger partial charge >= 0.3 is 0 Å². The molecule has 0 aliphatic carbocycles. The van der Waals surface area contributed by atoms with Crippen LogP contribution in [0.1, 0.15) is 0 Å². The molecule has 1 aliphatic heterocycles. The molecule has 1 saturated heterocycles. The molecule has 110 valence electrons. The number of hydrogen-bond acceptors (Lipinski definition) is 4. The minimum absolute atomic E-state index is 0.461. The van der Waals surface area contributed by atoms with Crippen LogP contribution >= 0.6 is 23.2 Å². The molecule has 0 spiro atoms. The summed E-state index contributed by atoms with van der Waals surface area (Å²) >= 11 is 12.0. The maximum absolute atomic E-state index is 13.2. The molecule has 0 radical (unpaired) electrons. The van der Waals surface area contributed by atoms with Gasteiger partial charge in [-0.1, -0.05) is 23.2 Å². The monoisotopic (exact) mass is 326 g/mol. The Morgan fingerprint density at radius 1 is 1.00 bits per heavy atom. The van der Waals surface area contributed by atoms with Crippen LogP contribution in [0, 0.1) is 5.95 Å². The molecule has 1 fully saturated rings. The Bertz CT molecular complexity index is 645. The van der Waals surface area contributed by atoms with E-state index in [9.17, 15) is 4.39 Å². The molecule has 0 unspecified atom stereocenters. The standard InChI is InChI=1S/C14H13Cl2FN4/c15-10-7-12(16)14(19-9-10)21-5-3-20(4-6-21)11-1-2-18-13(17)8-11/h1-2,7-9H,3-6H2. The highest BCUT2D eigenvalue weighted by Gasteiger charge is 2.20. The van der Waals surface area contributed by atoms with E-state index in [-0.39, 0.29) is 0 Å². The number of piperazine rings is 1. The molecule has 3 rings (SSSR count). The number of pyridine rings is 2. The maximum atomic E-state index is 13.2. The number of aromatic nitrogens is 2. The third-order valence-electron chi connectivity index (χ3n) is 3.44. The van der Waals surface area contributed by atoms with Crippen molar-refractivity contribution >= 4 is 34.7 Å². The molecule has 0 atom stereocenters. The fourth-order valence-electron chi connectivity index (χ4n) is 2.41. The number of rotatable bonds is 2. The first-order chi connectivity index (χ1) is 10.1. The van der Waals surface area contributed by atoms with Crippen LogP contribution in [0.25, 0.3) is 0 Å². The van der Waals surface area contributed by atoms with Crippen molar-refractivity contribution in [3.05, 3.63) is 46.6 Å². The van der Waals surface area contributed by atoms with Crippen LogP contribution < -0.4 is 9.80 Å². The lowest BCUT2D eigenvalue weighted by atomic mass is 10.2. The van der Waals surface area contributed by atoms with Gasteiger partial charge in [0.1, 0.15) is 5.82 Å². The Kier molecular flexibility index (Phi) is 4.12. The normalized spacial score (nSPS) is 15.4. The van der Waals surface area contributed by atoms with Crippen LogP contribution in [0.4, 0.5) is 15.9 Å². The minimum Gasteiger partial charge on any atom is -0.368 e. The molecular weight excluding hydrogens is 314 g/mol. The molecule has 0 N–H and O–H groups in total. The van der Waals surface area contributed by atoms with Crippen LogP contribution in [0.2, 0.25) is 10.0 Å². The van der Waals surface area contributed by atoms with Gasteiger partial charge < -0.3 is 9.80 Å². The van der Waals surface area contributed by atoms with Crippen LogP contribution in [0.3, 0.4) is 0 Å². The molecule has 0 saturated carbocycles. The zero-order chi connectivity index (χ0) is 14.8. The molecule has 4 nitrogen and oxygen atoms in total. The smallest absolute Gasteiger partial charge is 0.214 e. The van der Waals surface area contributed by atoms with Gasteiger partial charge in [0.25, 0.3) is 0 Å². The van der Waals surface area contributed by atoms with Crippen LogP contribution in [0.15, 0.2) is 30.6 Å². The summed E-state index contributed by atoms with van der Waals surface area (Å²) in [6.07, 6.45) is 3.07. The molecular formula is C14H13Cl2FN4. The van der Waals surface area contributed by atoms with E-state index in [0.29, 0.717) is 10.0 Å². The molecule has 2 aromatic rings. The van der Waals surface area contributed by atoms with Crippen molar-refractivity contribution in [1.82, 2.24) is 9.97 Å². The summed E-state index contributed by atoms with van der Waals surface area (Å²) in [7, 11) is 0. The summed E-state index contributed by atoms with van der Waals surface area (Å²) in [6.45, 7) is 3.06. The first-order valence-electron chi connectivity index (χ1n) is 6.56. The molecule has 1 aliphatic rings. The fraction of sp³-hybridized carbons (Fsp3) is 0.286. The van der Waals surface area contributed by atoms with Gasteiger partial charge in [0.15, 0.2) is 0 Å². The lowest BCUT2D eigenvalue weighted by molar-refractivity contribution is 0.580. The van der Waals surface area contributed by atoms with Crippen molar-refractivity contribution < 1.29 is 4.39 Å². The predicted octanol–water partition coefficient (Wildman–Crippen LogP) is 3.25. The van der Waals surface area contributed by atoms with E-state index < -0.39 is 5.95 Å². The van der Waals surface area contributed by atoms with E-state index in [0.717, 1.165) is 37.7 Å². The van der Waals surface area contributed by atoms with Crippen LogP contribution in [-0.2, 0) is 0 Å². The van der Waals surface area contributed by atoms with E-state index in [1.54, 1.807) is 12.3 Å². The van der Waals surface area contributed by atoms with Gasteiger partial charge in [-0.25, -0.2) is 9.97 Å². The highest BCUT2D eigenvalue weighted by molar-refractivity contribution is 6.36. The Balaban J connectivity index is 1.70.